The van der Waals surface area contributed by atoms with Gasteiger partial charge in [0.05, 0.1) is 30.6 Å². The molecule has 132 valence electrons. The van der Waals surface area contributed by atoms with Gasteiger partial charge in [-0.15, -0.1) is 0 Å². The minimum absolute atomic E-state index is 0.0111. The van der Waals surface area contributed by atoms with Crippen LogP contribution in [0.5, 0.6) is 0 Å². The summed E-state index contributed by atoms with van der Waals surface area (Å²) in [5, 5.41) is 0. The normalized spacial score (nSPS) is 24.3. The lowest BCUT2D eigenvalue weighted by atomic mass is 10.1. The molecule has 1 fully saturated rings. The average molecular weight is 362 g/mol. The van der Waals surface area contributed by atoms with E-state index in [4.69, 9.17) is 10.5 Å². The Kier molecular flexibility index (Phi) is 4.39. The maximum absolute atomic E-state index is 14.6. The van der Waals surface area contributed by atoms with Crippen LogP contribution in [0.25, 0.3) is 11.2 Å². The van der Waals surface area contributed by atoms with E-state index in [1.807, 2.05) is 4.40 Å². The van der Waals surface area contributed by atoms with Gasteiger partial charge in [-0.1, -0.05) is 0 Å². The summed E-state index contributed by atoms with van der Waals surface area (Å²) in [5.74, 6) is 0.835. The molecule has 0 bridgehead atoms. The third kappa shape index (κ3) is 3.11. The van der Waals surface area contributed by atoms with Crippen molar-refractivity contribution in [3.05, 3.63) is 41.2 Å². The number of rotatable bonds is 3. The Bertz CT molecular complexity index is 906. The third-order valence-corrected chi connectivity index (χ3v) is 6.03. The number of ether oxygens (including phenoxy) is 1. The van der Waals surface area contributed by atoms with Gasteiger partial charge in [0, 0.05) is 64.5 Å². The summed E-state index contributed by atoms with van der Waals surface area (Å²) in [4.78, 5) is 8.92. The van der Waals surface area contributed by atoms with Gasteiger partial charge in [0.15, 0.2) is 0 Å². The highest BCUT2D eigenvalue weighted by Crippen LogP contribution is 2.24. The molecule has 2 atom stereocenters. The minimum atomic E-state index is -0.798. The van der Waals surface area contributed by atoms with Crippen molar-refractivity contribution in [3.8, 4) is 0 Å². The van der Waals surface area contributed by atoms with Crippen molar-refractivity contribution in [1.29, 1.82) is 0 Å². The smallest absolute Gasteiger partial charge is 0.140 e. The van der Waals surface area contributed by atoms with Gasteiger partial charge in [-0.25, -0.2) is 9.37 Å². The van der Waals surface area contributed by atoms with Gasteiger partial charge in [0.25, 0.3) is 0 Å². The van der Waals surface area contributed by atoms with Gasteiger partial charge in [-0.3, -0.25) is 9.20 Å². The molecule has 4 heterocycles. The van der Waals surface area contributed by atoms with Crippen LogP contribution in [-0.2, 0) is 28.6 Å². The Morgan fingerprint density at radius 1 is 1.56 bits per heavy atom. The van der Waals surface area contributed by atoms with E-state index in [9.17, 15) is 8.60 Å². The molecule has 2 N–H and O–H groups in total. The van der Waals surface area contributed by atoms with E-state index in [0.29, 0.717) is 41.5 Å². The summed E-state index contributed by atoms with van der Waals surface area (Å²) < 4.78 is 33.4. The summed E-state index contributed by atoms with van der Waals surface area (Å²) >= 11 is 0. The van der Waals surface area contributed by atoms with E-state index in [-0.39, 0.29) is 6.04 Å². The summed E-state index contributed by atoms with van der Waals surface area (Å²) in [6.07, 6.45) is 6.14. The van der Waals surface area contributed by atoms with E-state index in [1.54, 1.807) is 12.4 Å². The first-order valence-electron chi connectivity index (χ1n) is 8.23. The van der Waals surface area contributed by atoms with Gasteiger partial charge < -0.3 is 14.9 Å². The second-order valence-electron chi connectivity index (χ2n) is 6.22. The number of nitrogens with two attached hydrogens (primary N) is 1. The molecule has 8 heteroatoms. The number of hydrogen-bond donors (Lipinski definition) is 1. The minimum Gasteiger partial charge on any atom is -0.404 e. The van der Waals surface area contributed by atoms with E-state index >= 15 is 0 Å². The van der Waals surface area contributed by atoms with Crippen LogP contribution in [0.4, 0.5) is 4.39 Å². The average Bonchev–Trinajstić information content (AvgIpc) is 3.18. The molecule has 25 heavy (non-hydrogen) atoms. The van der Waals surface area contributed by atoms with Crippen molar-refractivity contribution in [1.82, 2.24) is 9.38 Å². The quantitative estimate of drug-likeness (QED) is 0.838. The molecule has 0 saturated carbocycles. The number of pyridine rings is 1. The van der Waals surface area contributed by atoms with Crippen molar-refractivity contribution >= 4 is 28.2 Å². The molecular formula is C17H19FN4O2S. The molecule has 0 amide bonds. The first-order valence-corrected chi connectivity index (χ1v) is 9.72. The fourth-order valence-corrected chi connectivity index (χ4v) is 4.60. The van der Waals surface area contributed by atoms with Crippen LogP contribution in [0, 0.1) is 5.82 Å². The zero-order chi connectivity index (χ0) is 17.4. The molecule has 6 nitrogen and oxygen atoms in total. The molecule has 2 unspecified atom stereocenters. The Morgan fingerprint density at radius 3 is 3.20 bits per heavy atom. The predicted octanol–water partition coefficient (Wildman–Crippen LogP) is 1.44. The monoisotopic (exact) mass is 362 g/mol. The molecule has 2 aliphatic rings. The number of hydrogen-bond acceptors (Lipinski definition) is 5. The maximum Gasteiger partial charge on any atom is 0.140 e. The molecule has 0 radical (unpaired) electrons. The van der Waals surface area contributed by atoms with E-state index in [0.717, 1.165) is 24.2 Å². The Morgan fingerprint density at radius 2 is 2.44 bits per heavy atom. The Hall–Kier alpha value is -2.06. The van der Waals surface area contributed by atoms with Crippen molar-refractivity contribution in [3.63, 3.8) is 0 Å². The summed E-state index contributed by atoms with van der Waals surface area (Å²) in [5.41, 5.74) is 9.03. The second kappa shape index (κ2) is 6.68. The van der Waals surface area contributed by atoms with E-state index in [2.05, 4.69) is 9.98 Å². The summed E-state index contributed by atoms with van der Waals surface area (Å²) in [7, 11) is -0.798. The highest BCUT2D eigenvalue weighted by Gasteiger charge is 2.21. The number of aromatic nitrogens is 2. The summed E-state index contributed by atoms with van der Waals surface area (Å²) in [6.45, 7) is 1.10. The zero-order valence-electron chi connectivity index (χ0n) is 13.7. The molecule has 0 aliphatic carbocycles. The van der Waals surface area contributed by atoms with Gasteiger partial charge >= 0.3 is 0 Å². The predicted molar refractivity (Wildman–Crippen MR) is 95.4 cm³/mol. The molecule has 0 aromatic carbocycles. The lowest BCUT2D eigenvalue weighted by molar-refractivity contribution is 0.106. The molecule has 2 aromatic rings. The lowest BCUT2D eigenvalue weighted by Crippen LogP contribution is -2.11. The van der Waals surface area contributed by atoms with Crippen LogP contribution in [0.1, 0.15) is 23.4 Å². The topological polar surface area (TPSA) is 82.0 Å². The van der Waals surface area contributed by atoms with Crippen molar-refractivity contribution in [2.75, 3.05) is 18.1 Å². The number of allylic oxidation sites excluding steroid dienone is 1. The Labute approximate surface area is 147 Å². The molecule has 1 saturated heterocycles. The number of nitrogens with zero attached hydrogens (tertiary/aromatic N) is 3. The number of halogens is 1. The fraction of sp³-hybridized carbons (Fsp3) is 0.412. The standard InChI is InChI=1S/C17H19FN4O2S/c18-14-5-17-21-15-1-3-24-9-16(15)22(17)8-13(14)11(6-19)7-20-12-2-4-25(23)10-12/h5-8,12H,1-4,9-10,19H2. The zero-order valence-corrected chi connectivity index (χ0v) is 14.5. The van der Waals surface area contributed by atoms with Crippen LogP contribution in [-0.4, -0.2) is 44.0 Å². The van der Waals surface area contributed by atoms with E-state index < -0.39 is 16.6 Å². The first-order chi connectivity index (χ1) is 12.2. The van der Waals surface area contributed by atoms with Gasteiger partial charge in [0.1, 0.15) is 11.5 Å². The number of fused-ring (bicyclic) bond motifs is 3. The molecule has 2 aliphatic heterocycles. The van der Waals surface area contributed by atoms with Crippen LogP contribution in [0.15, 0.2) is 23.5 Å². The van der Waals surface area contributed by atoms with Crippen molar-refractivity contribution < 1.29 is 13.3 Å². The van der Waals surface area contributed by atoms with E-state index in [1.165, 1.54) is 12.3 Å². The van der Waals surface area contributed by atoms with Crippen LogP contribution < -0.4 is 5.73 Å². The number of imidazole rings is 1. The SMILES string of the molecule is NC=C(C=NC1CCS(=O)C1)c1cn2c3c(nc2cc1F)CCOC3. The van der Waals surface area contributed by atoms with Crippen molar-refractivity contribution in [2.24, 2.45) is 10.7 Å². The third-order valence-electron chi connectivity index (χ3n) is 4.59. The molecule has 0 spiro atoms. The highest BCUT2D eigenvalue weighted by atomic mass is 32.2. The molecular weight excluding hydrogens is 343 g/mol. The first kappa shape index (κ1) is 16.4. The van der Waals surface area contributed by atoms with Gasteiger partial charge in [-0.2, -0.15) is 0 Å². The van der Waals surface area contributed by atoms with Crippen LogP contribution in [0.2, 0.25) is 0 Å². The Balaban J connectivity index is 1.70. The van der Waals surface area contributed by atoms with Crippen LogP contribution in [0.3, 0.4) is 0 Å². The maximum atomic E-state index is 14.6. The lowest BCUT2D eigenvalue weighted by Gasteiger charge is -2.12. The van der Waals surface area contributed by atoms with Crippen LogP contribution >= 0.6 is 0 Å². The highest BCUT2D eigenvalue weighted by molar-refractivity contribution is 7.85. The van der Waals surface area contributed by atoms with Gasteiger partial charge in [-0.05, 0) is 6.42 Å². The van der Waals surface area contributed by atoms with Crippen molar-refractivity contribution in [2.45, 2.75) is 25.5 Å². The van der Waals surface area contributed by atoms with Gasteiger partial charge in [0.2, 0.25) is 0 Å². The largest absolute Gasteiger partial charge is 0.404 e. The molecule has 2 aromatic heterocycles. The summed E-state index contributed by atoms with van der Waals surface area (Å²) in [6, 6.07) is 1.42. The fourth-order valence-electron chi connectivity index (χ4n) is 3.22. The molecule has 4 rings (SSSR count). The number of aliphatic imine (C=N–C) groups is 1. The second-order valence-corrected chi connectivity index (χ2v) is 7.85.